The van der Waals surface area contributed by atoms with Crippen LogP contribution in [-0.4, -0.2) is 188 Å². The van der Waals surface area contributed by atoms with Gasteiger partial charge in [-0.05, 0) is 44.4 Å². The summed E-state index contributed by atoms with van der Waals surface area (Å²) < 4.78 is 51.9. The molecular formula is C50H90O20. The van der Waals surface area contributed by atoms with Crippen molar-refractivity contribution in [3.8, 4) is 0 Å². The van der Waals surface area contributed by atoms with Crippen molar-refractivity contribution in [2.75, 3.05) is 19.8 Å². The number of ether oxygens (including phenoxy) is 9. The summed E-state index contributed by atoms with van der Waals surface area (Å²) >= 11 is 0. The van der Waals surface area contributed by atoms with E-state index >= 15 is 0 Å². The molecule has 20 nitrogen and oxygen atoms in total. The maximum absolute atomic E-state index is 12.3. The van der Waals surface area contributed by atoms with E-state index in [0.717, 1.165) is 71.1 Å². The lowest BCUT2D eigenvalue weighted by molar-refractivity contribution is -0.380. The van der Waals surface area contributed by atoms with Crippen LogP contribution >= 0.6 is 0 Å². The average Bonchev–Trinajstić information content (AvgIpc) is 4.06. The molecule has 18 atom stereocenters. The Morgan fingerprint density at radius 1 is 0.600 bits per heavy atom. The van der Waals surface area contributed by atoms with Crippen LogP contribution in [0.4, 0.5) is 0 Å². The summed E-state index contributed by atoms with van der Waals surface area (Å²) in [6.07, 6.45) is -2.97. The van der Waals surface area contributed by atoms with Gasteiger partial charge in [0.1, 0.15) is 67.6 Å². The van der Waals surface area contributed by atoms with E-state index in [-0.39, 0.29) is 25.0 Å². The highest BCUT2D eigenvalue weighted by Gasteiger charge is 2.52. The number of hydrogen-bond donors (Lipinski definition) is 9. The van der Waals surface area contributed by atoms with Gasteiger partial charge in [0, 0.05) is 13.3 Å². The summed E-state index contributed by atoms with van der Waals surface area (Å²) in [5.74, 6) is -1.34. The normalized spacial score (nSPS) is 33.7. The molecule has 4 heterocycles. The van der Waals surface area contributed by atoms with Gasteiger partial charge in [-0.1, -0.05) is 117 Å². The molecule has 0 spiro atoms. The fourth-order valence-corrected chi connectivity index (χ4v) is 9.29. The minimum atomic E-state index is -1.89. The Morgan fingerprint density at radius 3 is 1.76 bits per heavy atom. The lowest BCUT2D eigenvalue weighted by Crippen LogP contribution is -2.65. The molecule has 0 bridgehead atoms. The largest absolute Gasteiger partial charge is 0.463 e. The average molecular weight is 1010 g/mol. The fourth-order valence-electron chi connectivity index (χ4n) is 9.29. The minimum Gasteiger partial charge on any atom is -0.463 e. The van der Waals surface area contributed by atoms with Crippen LogP contribution in [-0.2, 0) is 52.2 Å². The highest BCUT2D eigenvalue weighted by Crippen LogP contribution is 2.33. The number of hydrogen-bond acceptors (Lipinski definition) is 20. The Kier molecular flexibility index (Phi) is 28.3. The van der Waals surface area contributed by atoms with Crippen LogP contribution in [0.2, 0.25) is 0 Å². The number of rotatable bonds is 35. The van der Waals surface area contributed by atoms with Crippen molar-refractivity contribution in [2.45, 2.75) is 280 Å². The predicted molar refractivity (Wildman–Crippen MR) is 250 cm³/mol. The summed E-state index contributed by atoms with van der Waals surface area (Å²) in [6.45, 7) is 5.72. The lowest BCUT2D eigenvalue weighted by Gasteiger charge is -2.46. The van der Waals surface area contributed by atoms with E-state index in [4.69, 9.17) is 42.6 Å². The molecule has 4 aliphatic rings. The zero-order valence-electron chi connectivity index (χ0n) is 42.2. The molecule has 4 rings (SSSR count). The van der Waals surface area contributed by atoms with Gasteiger partial charge in [-0.25, -0.2) is 0 Å². The Morgan fingerprint density at radius 2 is 1.14 bits per heavy atom. The Balaban J connectivity index is 1.28. The molecule has 0 aromatic heterocycles. The van der Waals surface area contributed by atoms with Gasteiger partial charge in [0.2, 0.25) is 0 Å². The van der Waals surface area contributed by atoms with Crippen LogP contribution in [0.1, 0.15) is 169 Å². The first-order chi connectivity index (χ1) is 33.5. The number of carbonyl (C=O) groups excluding carboxylic acids is 2. The number of aliphatic hydroxyl groups excluding tert-OH is 9. The van der Waals surface area contributed by atoms with Crippen molar-refractivity contribution in [1.82, 2.24) is 0 Å². The first-order valence-electron chi connectivity index (χ1n) is 26.5. The third-order valence-electron chi connectivity index (χ3n) is 13.6. The third kappa shape index (κ3) is 21.3. The number of unbranched alkanes of at least 4 members (excludes halogenated alkanes) is 13. The molecule has 4 aliphatic heterocycles. The first kappa shape index (κ1) is 60.9. The number of carbonyl (C=O) groups is 2. The predicted octanol–water partition coefficient (Wildman–Crippen LogP) is 2.92. The molecule has 4 fully saturated rings. The summed E-state index contributed by atoms with van der Waals surface area (Å²) in [5, 5.41) is 96.1. The van der Waals surface area contributed by atoms with Gasteiger partial charge in [0.25, 0.3) is 0 Å². The fraction of sp³-hybridized carbons (Fsp3) is 0.960. The van der Waals surface area contributed by atoms with Crippen LogP contribution in [0, 0.1) is 5.92 Å². The van der Waals surface area contributed by atoms with E-state index in [1.807, 2.05) is 13.8 Å². The van der Waals surface area contributed by atoms with Gasteiger partial charge in [0.15, 0.2) is 31.3 Å². The summed E-state index contributed by atoms with van der Waals surface area (Å²) in [6, 6.07) is 0. The van der Waals surface area contributed by atoms with Gasteiger partial charge in [-0.15, -0.1) is 0 Å². The summed E-state index contributed by atoms with van der Waals surface area (Å²) in [4.78, 5) is 24.3. The molecule has 0 aliphatic carbocycles. The van der Waals surface area contributed by atoms with Crippen molar-refractivity contribution >= 4 is 11.9 Å². The molecule has 0 aromatic rings. The quantitative estimate of drug-likeness (QED) is 0.0250. The highest BCUT2D eigenvalue weighted by atomic mass is 16.8. The molecular weight excluding hydrogens is 921 g/mol. The SMILES string of the molecule is CCCCCCC(CCCC(O)CCCCCCCCCCCCCC(O)C1OC1O)OC1OCC(O)C(O)C1OC1OCC(OC(C)=O)C(O)C1OC1OC(COC(=O)CC(C)C)C(O)C(O)C1O. The van der Waals surface area contributed by atoms with Crippen LogP contribution in [0.25, 0.3) is 0 Å². The number of esters is 2. The molecule has 20 heteroatoms. The van der Waals surface area contributed by atoms with Crippen molar-refractivity contribution < 1.29 is 98.2 Å². The Hall–Kier alpha value is -1.70. The minimum absolute atomic E-state index is 0.0161. The Labute approximate surface area is 414 Å². The molecule has 0 amide bonds. The van der Waals surface area contributed by atoms with Crippen molar-refractivity contribution in [3.05, 3.63) is 0 Å². The van der Waals surface area contributed by atoms with E-state index in [0.29, 0.717) is 38.5 Å². The van der Waals surface area contributed by atoms with Crippen LogP contribution in [0.15, 0.2) is 0 Å². The van der Waals surface area contributed by atoms with Gasteiger partial charge in [0.05, 0.1) is 31.5 Å². The summed E-state index contributed by atoms with van der Waals surface area (Å²) in [7, 11) is 0. The maximum atomic E-state index is 12.3. The smallest absolute Gasteiger partial charge is 0.306 e. The van der Waals surface area contributed by atoms with Gasteiger partial charge < -0.3 is 88.6 Å². The van der Waals surface area contributed by atoms with E-state index in [1.54, 1.807) is 0 Å². The zero-order chi connectivity index (χ0) is 51.2. The zero-order valence-corrected chi connectivity index (χ0v) is 42.2. The van der Waals surface area contributed by atoms with Crippen molar-refractivity contribution in [1.29, 1.82) is 0 Å². The third-order valence-corrected chi connectivity index (χ3v) is 13.6. The molecule has 18 unspecified atom stereocenters. The molecule has 0 radical (unpaired) electrons. The molecule has 4 saturated heterocycles. The first-order valence-corrected chi connectivity index (χ1v) is 26.5. The van der Waals surface area contributed by atoms with Gasteiger partial charge >= 0.3 is 11.9 Å². The summed E-state index contributed by atoms with van der Waals surface area (Å²) in [5.41, 5.74) is 0. The molecule has 0 saturated carbocycles. The Bertz CT molecular complexity index is 1430. The second kappa shape index (κ2) is 32.6. The van der Waals surface area contributed by atoms with E-state index in [2.05, 4.69) is 6.92 Å². The van der Waals surface area contributed by atoms with Crippen molar-refractivity contribution in [3.63, 3.8) is 0 Å². The molecule has 0 aromatic carbocycles. The topological polar surface area (TPSA) is 303 Å². The van der Waals surface area contributed by atoms with Gasteiger partial charge in [-0.2, -0.15) is 0 Å². The lowest BCUT2D eigenvalue weighted by atomic mass is 9.98. The number of epoxide rings is 1. The second-order valence-corrected chi connectivity index (χ2v) is 20.3. The number of aliphatic hydroxyl groups is 9. The monoisotopic (exact) mass is 1010 g/mol. The van der Waals surface area contributed by atoms with E-state index in [1.165, 1.54) is 32.1 Å². The molecule has 9 N–H and O–H groups in total. The second-order valence-electron chi connectivity index (χ2n) is 20.3. The van der Waals surface area contributed by atoms with E-state index < -0.39 is 130 Å². The van der Waals surface area contributed by atoms with Crippen LogP contribution in [0.3, 0.4) is 0 Å². The van der Waals surface area contributed by atoms with Crippen molar-refractivity contribution in [2.24, 2.45) is 5.92 Å². The standard InChI is InChI=1S/C50H90O20/c1-5-6-7-18-23-33(24-20-22-32(52)21-17-15-13-11-9-8-10-12-14-16-19-25-34(53)44-47(61)68-44)66-49-45(39(56)35(54)27-63-49)70-50-46(41(58)37(29-64-50)65-31(4)51)69-48-43(60)42(59)40(57)36(67-48)28-62-38(55)26-30(2)3/h30,32-37,39-50,52-54,56-61H,5-29H2,1-4H3. The van der Waals surface area contributed by atoms with E-state index in [9.17, 15) is 55.5 Å². The molecule has 70 heavy (non-hydrogen) atoms. The van der Waals surface area contributed by atoms with Gasteiger partial charge in [-0.3, -0.25) is 9.59 Å². The van der Waals surface area contributed by atoms with Crippen LogP contribution < -0.4 is 0 Å². The van der Waals surface area contributed by atoms with Crippen LogP contribution in [0.5, 0.6) is 0 Å². The maximum Gasteiger partial charge on any atom is 0.306 e. The highest BCUT2D eigenvalue weighted by molar-refractivity contribution is 5.69. The molecule has 410 valence electrons.